The predicted octanol–water partition coefficient (Wildman–Crippen LogP) is 3.04. The number of nitrogens with zero attached hydrogens (tertiary/aromatic N) is 3. The molecule has 2 aromatic carbocycles. The molecule has 0 unspecified atom stereocenters. The van der Waals surface area contributed by atoms with Gasteiger partial charge in [0.1, 0.15) is 5.01 Å². The first kappa shape index (κ1) is 15.2. The molecule has 0 bridgehead atoms. The first-order valence-corrected chi connectivity index (χ1v) is 8.70. The molecule has 1 aromatic heterocycles. The van der Waals surface area contributed by atoms with Crippen molar-refractivity contribution in [3.63, 3.8) is 0 Å². The normalized spacial score (nSPS) is 14.8. The molecule has 1 fully saturated rings. The van der Waals surface area contributed by atoms with Gasteiger partial charge >= 0.3 is 0 Å². The number of amides is 1. The van der Waals surface area contributed by atoms with E-state index < -0.39 is 0 Å². The Labute approximate surface area is 143 Å². The molecule has 0 radical (unpaired) electrons. The highest BCUT2D eigenvalue weighted by molar-refractivity contribution is 7.13. The summed E-state index contributed by atoms with van der Waals surface area (Å²) in [6.07, 6.45) is 0.0851. The number of fused-ring (bicyclic) bond motifs is 1. The molecule has 0 spiro atoms. The summed E-state index contributed by atoms with van der Waals surface area (Å²) in [4.78, 5) is 14.0. The Bertz CT molecular complexity index is 881. The molecule has 0 atom stereocenters. The summed E-state index contributed by atoms with van der Waals surface area (Å²) in [6, 6.07) is 14.5. The minimum absolute atomic E-state index is 0.0504. The Morgan fingerprint density at radius 1 is 1.21 bits per heavy atom. The lowest BCUT2D eigenvalue weighted by Gasteiger charge is -2.38. The standard InChI is InChI=1S/C18H17N3O2S/c1-12-19-20-17(24-12)18(22)21-9-15(10-21)23-11-14-7-4-6-13-5-2-3-8-16(13)14/h2-8,15H,9-11H2,1H3. The summed E-state index contributed by atoms with van der Waals surface area (Å²) in [5.74, 6) is -0.0504. The second-order valence-corrected chi connectivity index (χ2v) is 7.09. The summed E-state index contributed by atoms with van der Waals surface area (Å²) < 4.78 is 5.97. The summed E-state index contributed by atoms with van der Waals surface area (Å²) in [7, 11) is 0. The van der Waals surface area contributed by atoms with Gasteiger partial charge in [0.15, 0.2) is 0 Å². The first-order valence-electron chi connectivity index (χ1n) is 7.88. The molecule has 1 aliphatic rings. The Hall–Kier alpha value is -2.31. The highest BCUT2D eigenvalue weighted by atomic mass is 32.1. The van der Waals surface area contributed by atoms with Crippen LogP contribution in [0.5, 0.6) is 0 Å². The van der Waals surface area contributed by atoms with Crippen LogP contribution in [0.3, 0.4) is 0 Å². The largest absolute Gasteiger partial charge is 0.370 e. The van der Waals surface area contributed by atoms with Crippen molar-refractivity contribution >= 4 is 28.0 Å². The Morgan fingerprint density at radius 2 is 2.00 bits per heavy atom. The van der Waals surface area contributed by atoms with E-state index in [0.29, 0.717) is 24.7 Å². The van der Waals surface area contributed by atoms with Crippen molar-refractivity contribution in [1.82, 2.24) is 15.1 Å². The zero-order chi connectivity index (χ0) is 16.5. The molecule has 6 heteroatoms. The van der Waals surface area contributed by atoms with Crippen molar-refractivity contribution < 1.29 is 9.53 Å². The smallest absolute Gasteiger partial charge is 0.285 e. The van der Waals surface area contributed by atoms with E-state index >= 15 is 0 Å². The summed E-state index contributed by atoms with van der Waals surface area (Å²) >= 11 is 1.33. The highest BCUT2D eigenvalue weighted by Gasteiger charge is 2.33. The van der Waals surface area contributed by atoms with Gasteiger partial charge in [0.2, 0.25) is 5.01 Å². The van der Waals surface area contributed by atoms with Crippen molar-refractivity contribution in [2.24, 2.45) is 0 Å². The van der Waals surface area contributed by atoms with E-state index in [1.165, 1.54) is 27.7 Å². The fourth-order valence-electron chi connectivity index (χ4n) is 2.85. The van der Waals surface area contributed by atoms with Crippen LogP contribution in [0.1, 0.15) is 20.4 Å². The lowest BCUT2D eigenvalue weighted by Crippen LogP contribution is -2.54. The second kappa shape index (κ2) is 6.30. The fourth-order valence-corrected chi connectivity index (χ4v) is 3.51. The van der Waals surface area contributed by atoms with Gasteiger partial charge in [-0.1, -0.05) is 53.8 Å². The zero-order valence-corrected chi connectivity index (χ0v) is 14.1. The lowest BCUT2D eigenvalue weighted by atomic mass is 10.1. The van der Waals surface area contributed by atoms with Crippen molar-refractivity contribution in [1.29, 1.82) is 0 Å². The van der Waals surface area contributed by atoms with Crippen LogP contribution in [0, 0.1) is 6.92 Å². The van der Waals surface area contributed by atoms with Gasteiger partial charge in [-0.15, -0.1) is 10.2 Å². The van der Waals surface area contributed by atoms with Crippen LogP contribution in [0.25, 0.3) is 10.8 Å². The maximum Gasteiger partial charge on any atom is 0.285 e. The molecule has 5 nitrogen and oxygen atoms in total. The predicted molar refractivity (Wildman–Crippen MR) is 93.1 cm³/mol. The molecular formula is C18H17N3O2S. The number of carbonyl (C=O) groups is 1. The number of hydrogen-bond donors (Lipinski definition) is 0. The molecule has 0 aliphatic carbocycles. The Kier molecular flexibility index (Phi) is 4.00. The maximum atomic E-state index is 12.2. The van der Waals surface area contributed by atoms with Gasteiger partial charge in [0.05, 0.1) is 12.7 Å². The number of hydrogen-bond acceptors (Lipinski definition) is 5. The number of likely N-dealkylation sites (tertiary alicyclic amines) is 1. The monoisotopic (exact) mass is 339 g/mol. The molecule has 122 valence electrons. The van der Waals surface area contributed by atoms with E-state index in [1.54, 1.807) is 4.90 Å². The Balaban J connectivity index is 1.34. The van der Waals surface area contributed by atoms with Crippen LogP contribution in [0.4, 0.5) is 0 Å². The summed E-state index contributed by atoms with van der Waals surface area (Å²) in [5.41, 5.74) is 1.18. The van der Waals surface area contributed by atoms with E-state index in [9.17, 15) is 4.79 Å². The average Bonchev–Trinajstić information content (AvgIpc) is 3.00. The van der Waals surface area contributed by atoms with Crippen LogP contribution in [-0.4, -0.2) is 40.2 Å². The quantitative estimate of drug-likeness (QED) is 0.733. The third-order valence-electron chi connectivity index (χ3n) is 4.20. The lowest BCUT2D eigenvalue weighted by molar-refractivity contribution is -0.0500. The maximum absolute atomic E-state index is 12.2. The zero-order valence-electron chi connectivity index (χ0n) is 13.3. The molecule has 2 heterocycles. The fraction of sp³-hybridized carbons (Fsp3) is 0.278. The topological polar surface area (TPSA) is 55.3 Å². The molecule has 4 rings (SSSR count). The van der Waals surface area contributed by atoms with E-state index in [4.69, 9.17) is 4.74 Å². The van der Waals surface area contributed by atoms with Gasteiger partial charge in [-0.2, -0.15) is 0 Å². The molecule has 0 saturated carbocycles. The van der Waals surface area contributed by atoms with Gasteiger partial charge < -0.3 is 9.64 Å². The number of aryl methyl sites for hydroxylation is 1. The van der Waals surface area contributed by atoms with Crippen LogP contribution in [0.2, 0.25) is 0 Å². The molecule has 24 heavy (non-hydrogen) atoms. The summed E-state index contributed by atoms with van der Waals surface area (Å²) in [6.45, 7) is 3.64. The van der Waals surface area contributed by atoms with Gasteiger partial charge in [-0.3, -0.25) is 4.79 Å². The van der Waals surface area contributed by atoms with E-state index in [1.807, 2.05) is 19.1 Å². The molecular weight excluding hydrogens is 322 g/mol. The highest BCUT2D eigenvalue weighted by Crippen LogP contribution is 2.22. The van der Waals surface area contributed by atoms with E-state index in [-0.39, 0.29) is 12.0 Å². The molecule has 1 saturated heterocycles. The minimum Gasteiger partial charge on any atom is -0.370 e. The van der Waals surface area contributed by atoms with Crippen LogP contribution < -0.4 is 0 Å². The van der Waals surface area contributed by atoms with Crippen LogP contribution in [-0.2, 0) is 11.3 Å². The molecule has 3 aromatic rings. The van der Waals surface area contributed by atoms with Gasteiger partial charge in [-0.05, 0) is 23.3 Å². The van der Waals surface area contributed by atoms with Gasteiger partial charge in [-0.25, -0.2) is 0 Å². The molecule has 1 aliphatic heterocycles. The first-order chi connectivity index (χ1) is 11.7. The summed E-state index contributed by atoms with van der Waals surface area (Å²) in [5, 5.41) is 11.5. The number of rotatable bonds is 4. The number of benzene rings is 2. The van der Waals surface area contributed by atoms with Gasteiger partial charge in [0, 0.05) is 13.1 Å². The van der Waals surface area contributed by atoms with Crippen molar-refractivity contribution in [3.05, 3.63) is 58.0 Å². The minimum atomic E-state index is -0.0504. The Morgan fingerprint density at radius 3 is 2.79 bits per heavy atom. The van der Waals surface area contributed by atoms with Crippen LogP contribution in [0.15, 0.2) is 42.5 Å². The molecule has 0 N–H and O–H groups in total. The van der Waals surface area contributed by atoms with Crippen molar-refractivity contribution in [3.8, 4) is 0 Å². The van der Waals surface area contributed by atoms with E-state index in [0.717, 1.165) is 5.01 Å². The van der Waals surface area contributed by atoms with E-state index in [2.05, 4.69) is 40.5 Å². The third kappa shape index (κ3) is 2.90. The number of aromatic nitrogens is 2. The van der Waals surface area contributed by atoms with Crippen molar-refractivity contribution in [2.75, 3.05) is 13.1 Å². The number of carbonyl (C=O) groups excluding carboxylic acids is 1. The third-order valence-corrected chi connectivity index (χ3v) is 5.03. The average molecular weight is 339 g/mol. The SMILES string of the molecule is Cc1nnc(C(=O)N2CC(OCc3cccc4ccccc34)C2)s1. The van der Waals surface area contributed by atoms with Crippen molar-refractivity contribution in [2.45, 2.75) is 19.6 Å². The second-order valence-electron chi connectivity index (χ2n) is 5.91. The number of ether oxygens (including phenoxy) is 1. The molecule has 1 amide bonds. The van der Waals surface area contributed by atoms with Gasteiger partial charge in [0.25, 0.3) is 5.91 Å². The van der Waals surface area contributed by atoms with Crippen LogP contribution >= 0.6 is 11.3 Å².